The van der Waals surface area contributed by atoms with Crippen LogP contribution in [0.3, 0.4) is 0 Å². The summed E-state index contributed by atoms with van der Waals surface area (Å²) in [6.07, 6.45) is 0. The maximum absolute atomic E-state index is 12.2. The molecule has 0 spiro atoms. The SMILES string of the molecule is O=C(Nc1ccc2c(c1)OCCO2)c1ccc(Cl)c([N+](=O)[O-])c1. The van der Waals surface area contributed by atoms with E-state index in [4.69, 9.17) is 21.1 Å². The first-order valence-electron chi connectivity index (χ1n) is 6.69. The average Bonchev–Trinajstić information content (AvgIpc) is 2.54. The van der Waals surface area contributed by atoms with Gasteiger partial charge in [-0.05, 0) is 24.3 Å². The van der Waals surface area contributed by atoms with Crippen molar-refractivity contribution in [2.75, 3.05) is 18.5 Å². The van der Waals surface area contributed by atoms with Crippen LogP contribution in [-0.4, -0.2) is 24.0 Å². The zero-order valence-electron chi connectivity index (χ0n) is 11.7. The third-order valence-corrected chi connectivity index (χ3v) is 3.52. The molecule has 118 valence electrons. The van der Waals surface area contributed by atoms with Crippen molar-refractivity contribution in [1.82, 2.24) is 0 Å². The molecule has 1 N–H and O–H groups in total. The van der Waals surface area contributed by atoms with Gasteiger partial charge in [0.1, 0.15) is 18.2 Å². The van der Waals surface area contributed by atoms with Crippen LogP contribution in [0.4, 0.5) is 11.4 Å². The fourth-order valence-electron chi connectivity index (χ4n) is 2.12. The Balaban J connectivity index is 1.82. The summed E-state index contributed by atoms with van der Waals surface area (Å²) in [5.41, 5.74) is 0.314. The number of nitrogens with zero attached hydrogens (tertiary/aromatic N) is 1. The molecule has 0 saturated heterocycles. The van der Waals surface area contributed by atoms with Crippen molar-refractivity contribution in [2.45, 2.75) is 0 Å². The third-order valence-electron chi connectivity index (χ3n) is 3.21. The summed E-state index contributed by atoms with van der Waals surface area (Å²) in [7, 11) is 0. The van der Waals surface area contributed by atoms with Gasteiger partial charge in [0.05, 0.1) is 4.92 Å². The number of ether oxygens (including phenoxy) is 2. The van der Waals surface area contributed by atoms with E-state index in [1.807, 2.05) is 0 Å². The summed E-state index contributed by atoms with van der Waals surface area (Å²) >= 11 is 5.73. The van der Waals surface area contributed by atoms with E-state index in [-0.39, 0.29) is 16.3 Å². The number of rotatable bonds is 3. The molecule has 1 amide bonds. The minimum Gasteiger partial charge on any atom is -0.486 e. The van der Waals surface area contributed by atoms with E-state index >= 15 is 0 Å². The van der Waals surface area contributed by atoms with Gasteiger partial charge in [0, 0.05) is 23.4 Å². The molecule has 0 saturated carbocycles. The van der Waals surface area contributed by atoms with Gasteiger partial charge in [0.15, 0.2) is 11.5 Å². The van der Waals surface area contributed by atoms with Crippen LogP contribution in [0.5, 0.6) is 11.5 Å². The summed E-state index contributed by atoms with van der Waals surface area (Å²) in [6.45, 7) is 0.918. The van der Waals surface area contributed by atoms with E-state index in [1.165, 1.54) is 12.1 Å². The smallest absolute Gasteiger partial charge is 0.288 e. The maximum atomic E-state index is 12.2. The number of nitro groups is 1. The van der Waals surface area contributed by atoms with Crippen molar-refractivity contribution in [3.8, 4) is 11.5 Å². The Bertz CT molecular complexity index is 793. The van der Waals surface area contributed by atoms with E-state index in [9.17, 15) is 14.9 Å². The van der Waals surface area contributed by atoms with E-state index in [0.717, 1.165) is 6.07 Å². The molecule has 0 radical (unpaired) electrons. The number of hydrogen-bond donors (Lipinski definition) is 1. The minimum atomic E-state index is -0.636. The minimum absolute atomic E-state index is 0.0223. The predicted octanol–water partition coefficient (Wildman–Crippen LogP) is 3.27. The number of amides is 1. The van der Waals surface area contributed by atoms with Crippen molar-refractivity contribution < 1.29 is 19.2 Å². The molecular formula is C15H11ClN2O5. The van der Waals surface area contributed by atoms with Crippen LogP contribution >= 0.6 is 11.6 Å². The molecule has 0 atom stereocenters. The molecule has 0 aromatic heterocycles. The van der Waals surface area contributed by atoms with Crippen LogP contribution in [0.15, 0.2) is 36.4 Å². The molecular weight excluding hydrogens is 324 g/mol. The Labute approximate surface area is 135 Å². The first-order valence-corrected chi connectivity index (χ1v) is 7.07. The molecule has 1 aliphatic rings. The highest BCUT2D eigenvalue weighted by Gasteiger charge is 2.17. The molecule has 0 unspecified atom stereocenters. The summed E-state index contributed by atoms with van der Waals surface area (Å²) in [4.78, 5) is 22.5. The highest BCUT2D eigenvalue weighted by molar-refractivity contribution is 6.32. The lowest BCUT2D eigenvalue weighted by Gasteiger charge is -2.19. The first-order chi connectivity index (χ1) is 11.0. The van der Waals surface area contributed by atoms with E-state index in [1.54, 1.807) is 18.2 Å². The van der Waals surface area contributed by atoms with Crippen LogP contribution in [0.2, 0.25) is 5.02 Å². The van der Waals surface area contributed by atoms with E-state index in [2.05, 4.69) is 5.32 Å². The number of hydrogen-bond acceptors (Lipinski definition) is 5. The molecule has 23 heavy (non-hydrogen) atoms. The second-order valence-corrected chi connectivity index (χ2v) is 5.14. The lowest BCUT2D eigenvalue weighted by molar-refractivity contribution is -0.384. The first kappa shape index (κ1) is 15.1. The molecule has 0 fully saturated rings. The molecule has 2 aromatic carbocycles. The standard InChI is InChI=1S/C15H11ClN2O5/c16-11-3-1-9(7-12(11)18(20)21)15(19)17-10-2-4-13-14(8-10)23-6-5-22-13/h1-4,7-8H,5-6H2,(H,17,19). The van der Waals surface area contributed by atoms with Gasteiger partial charge in [-0.2, -0.15) is 0 Å². The summed E-state index contributed by atoms with van der Waals surface area (Å²) in [6, 6.07) is 8.86. The van der Waals surface area contributed by atoms with Crippen LogP contribution in [-0.2, 0) is 0 Å². The summed E-state index contributed by atoms with van der Waals surface area (Å²) in [5.74, 6) is 0.661. The number of anilines is 1. The average molecular weight is 335 g/mol. The van der Waals surface area contributed by atoms with Gasteiger partial charge in [0.2, 0.25) is 0 Å². The molecule has 1 aliphatic heterocycles. The second kappa shape index (κ2) is 6.13. The molecule has 0 aliphatic carbocycles. The van der Waals surface area contributed by atoms with Gasteiger partial charge in [-0.25, -0.2) is 0 Å². The van der Waals surface area contributed by atoms with Crippen molar-refractivity contribution in [1.29, 1.82) is 0 Å². The number of benzene rings is 2. The summed E-state index contributed by atoms with van der Waals surface area (Å²) < 4.78 is 10.8. The number of carbonyl (C=O) groups is 1. The lowest BCUT2D eigenvalue weighted by atomic mass is 10.2. The number of nitro benzene ring substituents is 1. The molecule has 3 rings (SSSR count). The topological polar surface area (TPSA) is 90.7 Å². The number of nitrogens with one attached hydrogen (secondary N) is 1. The van der Waals surface area contributed by atoms with Crippen molar-refractivity contribution in [3.05, 3.63) is 57.1 Å². The van der Waals surface area contributed by atoms with Crippen molar-refractivity contribution >= 4 is 28.9 Å². The van der Waals surface area contributed by atoms with Gasteiger partial charge in [-0.15, -0.1) is 0 Å². The predicted molar refractivity (Wildman–Crippen MR) is 83.5 cm³/mol. The Hall–Kier alpha value is -2.80. The molecule has 1 heterocycles. The molecule has 2 aromatic rings. The second-order valence-electron chi connectivity index (χ2n) is 4.74. The maximum Gasteiger partial charge on any atom is 0.288 e. The van der Waals surface area contributed by atoms with Crippen molar-refractivity contribution in [3.63, 3.8) is 0 Å². The third kappa shape index (κ3) is 3.19. The normalized spacial score (nSPS) is 12.6. The quantitative estimate of drug-likeness (QED) is 0.687. The van der Waals surface area contributed by atoms with Gasteiger partial charge >= 0.3 is 0 Å². The fourth-order valence-corrected chi connectivity index (χ4v) is 2.30. The Kier molecular flexibility index (Phi) is 4.03. The van der Waals surface area contributed by atoms with E-state index < -0.39 is 10.8 Å². The van der Waals surface area contributed by atoms with Crippen LogP contribution < -0.4 is 14.8 Å². The van der Waals surface area contributed by atoms with Crippen molar-refractivity contribution in [2.24, 2.45) is 0 Å². The monoisotopic (exact) mass is 334 g/mol. The molecule has 0 bridgehead atoms. The highest BCUT2D eigenvalue weighted by Crippen LogP contribution is 2.33. The van der Waals surface area contributed by atoms with Gasteiger partial charge in [0.25, 0.3) is 11.6 Å². The number of carbonyl (C=O) groups excluding carboxylic acids is 1. The van der Waals surface area contributed by atoms with Crippen LogP contribution in [0.1, 0.15) is 10.4 Å². The Morgan fingerprint density at radius 2 is 1.87 bits per heavy atom. The van der Waals surface area contributed by atoms with Crippen LogP contribution in [0, 0.1) is 10.1 Å². The Morgan fingerprint density at radius 1 is 1.13 bits per heavy atom. The zero-order chi connectivity index (χ0) is 16.4. The van der Waals surface area contributed by atoms with E-state index in [0.29, 0.717) is 30.4 Å². The largest absolute Gasteiger partial charge is 0.486 e. The number of halogens is 1. The van der Waals surface area contributed by atoms with Gasteiger partial charge in [-0.3, -0.25) is 14.9 Å². The van der Waals surface area contributed by atoms with Gasteiger partial charge < -0.3 is 14.8 Å². The fraction of sp³-hybridized carbons (Fsp3) is 0.133. The van der Waals surface area contributed by atoms with Gasteiger partial charge in [-0.1, -0.05) is 11.6 Å². The lowest BCUT2D eigenvalue weighted by Crippen LogP contribution is -2.16. The highest BCUT2D eigenvalue weighted by atomic mass is 35.5. The van der Waals surface area contributed by atoms with Crippen LogP contribution in [0.25, 0.3) is 0 Å². The molecule has 7 nitrogen and oxygen atoms in total. The number of fused-ring (bicyclic) bond motifs is 1. The Morgan fingerprint density at radius 3 is 2.61 bits per heavy atom. The molecule has 8 heteroatoms. The summed E-state index contributed by atoms with van der Waals surface area (Å²) in [5, 5.41) is 13.5. The zero-order valence-corrected chi connectivity index (χ0v) is 12.5.